The van der Waals surface area contributed by atoms with Gasteiger partial charge in [-0.1, -0.05) is 0 Å². The number of carbonyl (C=O) groups excluding carboxylic acids is 2. The number of pyridine rings is 1. The summed E-state index contributed by atoms with van der Waals surface area (Å²) in [6.45, 7) is 2.30. The van der Waals surface area contributed by atoms with Crippen LogP contribution in [0, 0.1) is 0 Å². The molecule has 4 N–H and O–H groups in total. The van der Waals surface area contributed by atoms with E-state index in [-0.39, 0.29) is 17.8 Å². The first-order valence-corrected chi connectivity index (χ1v) is 5.37. The van der Waals surface area contributed by atoms with Crippen LogP contribution in [0.1, 0.15) is 17.3 Å². The molecule has 0 aliphatic carbocycles. The van der Waals surface area contributed by atoms with E-state index in [0.29, 0.717) is 12.4 Å². The van der Waals surface area contributed by atoms with Crippen LogP contribution in [0.2, 0.25) is 0 Å². The minimum absolute atomic E-state index is 0.0155. The van der Waals surface area contributed by atoms with Crippen molar-refractivity contribution >= 4 is 23.4 Å². The molecule has 1 rings (SSSR count). The number of primary amides is 1. The first-order chi connectivity index (χ1) is 8.51. The smallest absolute Gasteiger partial charge is 0.340 e. The Morgan fingerprint density at radius 3 is 2.67 bits per heavy atom. The van der Waals surface area contributed by atoms with Gasteiger partial charge >= 0.3 is 5.97 Å². The number of nitrogens with zero attached hydrogens (tertiary/aromatic N) is 2. The Kier molecular flexibility index (Phi) is 4.47. The molecule has 1 aromatic heterocycles. The first kappa shape index (κ1) is 13.8. The van der Waals surface area contributed by atoms with E-state index in [2.05, 4.69) is 9.72 Å². The Balaban J connectivity index is 3.16. The van der Waals surface area contributed by atoms with E-state index in [1.165, 1.54) is 19.4 Å². The highest BCUT2D eigenvalue weighted by Gasteiger charge is 2.18. The number of likely N-dealkylation sites (N-methyl/N-ethyl adjacent to an activating group) is 1. The monoisotopic (exact) mass is 252 g/mol. The topological polar surface area (TPSA) is 112 Å². The minimum Gasteiger partial charge on any atom is -0.465 e. The van der Waals surface area contributed by atoms with Gasteiger partial charge in [0.05, 0.1) is 24.9 Å². The Morgan fingerprint density at radius 2 is 2.17 bits per heavy atom. The van der Waals surface area contributed by atoms with Crippen molar-refractivity contribution in [2.75, 3.05) is 30.8 Å². The highest BCUT2D eigenvalue weighted by molar-refractivity contribution is 5.98. The molecule has 7 heteroatoms. The number of ether oxygens (including phenoxy) is 1. The highest BCUT2D eigenvalue weighted by Crippen LogP contribution is 2.24. The van der Waals surface area contributed by atoms with E-state index < -0.39 is 11.9 Å². The van der Waals surface area contributed by atoms with Crippen LogP contribution < -0.4 is 16.4 Å². The molecule has 0 spiro atoms. The van der Waals surface area contributed by atoms with E-state index in [4.69, 9.17) is 11.5 Å². The number of nitrogens with two attached hydrogens (primary N) is 2. The second kappa shape index (κ2) is 5.85. The van der Waals surface area contributed by atoms with Crippen molar-refractivity contribution in [2.24, 2.45) is 5.73 Å². The molecular weight excluding hydrogens is 236 g/mol. The van der Waals surface area contributed by atoms with Gasteiger partial charge in [-0.05, 0) is 13.0 Å². The third kappa shape index (κ3) is 2.88. The number of carbonyl (C=O) groups is 2. The molecule has 0 saturated heterocycles. The van der Waals surface area contributed by atoms with Gasteiger partial charge in [0.15, 0.2) is 5.82 Å². The molecule has 0 atom stereocenters. The summed E-state index contributed by atoms with van der Waals surface area (Å²) in [6, 6.07) is 1.46. The average molecular weight is 252 g/mol. The van der Waals surface area contributed by atoms with Gasteiger partial charge in [0.2, 0.25) is 5.91 Å². The SMILES string of the molecule is CCN(CC(N)=O)c1nccc(C(=O)OC)c1N. The molecule has 18 heavy (non-hydrogen) atoms. The summed E-state index contributed by atoms with van der Waals surface area (Å²) in [5.41, 5.74) is 11.4. The number of methoxy groups -OCH3 is 1. The Bertz CT molecular complexity index is 462. The quantitative estimate of drug-likeness (QED) is 0.700. The lowest BCUT2D eigenvalue weighted by atomic mass is 10.2. The van der Waals surface area contributed by atoms with Gasteiger partial charge in [-0.25, -0.2) is 9.78 Å². The fourth-order valence-corrected chi connectivity index (χ4v) is 1.53. The lowest BCUT2D eigenvalue weighted by Gasteiger charge is -2.22. The maximum absolute atomic E-state index is 11.5. The van der Waals surface area contributed by atoms with Gasteiger partial charge in [-0.3, -0.25) is 4.79 Å². The number of hydrogen-bond acceptors (Lipinski definition) is 6. The molecule has 0 saturated carbocycles. The molecule has 0 aromatic carbocycles. The lowest BCUT2D eigenvalue weighted by Crippen LogP contribution is -2.34. The van der Waals surface area contributed by atoms with E-state index in [9.17, 15) is 9.59 Å². The van der Waals surface area contributed by atoms with Gasteiger partial charge in [0.25, 0.3) is 0 Å². The van der Waals surface area contributed by atoms with E-state index in [1.54, 1.807) is 4.90 Å². The summed E-state index contributed by atoms with van der Waals surface area (Å²) in [5.74, 6) is -0.702. The second-order valence-corrected chi connectivity index (χ2v) is 3.57. The third-order valence-electron chi connectivity index (χ3n) is 2.40. The summed E-state index contributed by atoms with van der Waals surface area (Å²) in [5, 5.41) is 0. The van der Waals surface area contributed by atoms with Crippen molar-refractivity contribution in [3.63, 3.8) is 0 Å². The molecule has 7 nitrogen and oxygen atoms in total. The molecule has 1 heterocycles. The standard InChI is InChI=1S/C11H16N4O3/c1-3-15(6-8(12)16)10-9(13)7(4-5-14-10)11(17)18-2/h4-5H,3,6,13H2,1-2H3,(H2,12,16). The summed E-state index contributed by atoms with van der Waals surface area (Å²) >= 11 is 0. The van der Waals surface area contributed by atoms with Crippen LogP contribution in [0.25, 0.3) is 0 Å². The fourth-order valence-electron chi connectivity index (χ4n) is 1.53. The molecule has 98 valence electrons. The zero-order valence-electron chi connectivity index (χ0n) is 10.3. The summed E-state index contributed by atoms with van der Waals surface area (Å²) < 4.78 is 4.61. The molecule has 0 bridgehead atoms. The zero-order chi connectivity index (χ0) is 13.7. The maximum Gasteiger partial charge on any atom is 0.340 e. The normalized spacial score (nSPS) is 9.89. The van der Waals surface area contributed by atoms with Crippen LogP contribution in [-0.4, -0.2) is 37.1 Å². The van der Waals surface area contributed by atoms with Crippen molar-refractivity contribution in [1.29, 1.82) is 0 Å². The highest BCUT2D eigenvalue weighted by atomic mass is 16.5. The van der Waals surface area contributed by atoms with Crippen LogP contribution in [0.4, 0.5) is 11.5 Å². The van der Waals surface area contributed by atoms with Gasteiger partial charge in [0.1, 0.15) is 0 Å². The summed E-state index contributed by atoms with van der Waals surface area (Å²) in [4.78, 5) is 28.1. The van der Waals surface area contributed by atoms with Crippen molar-refractivity contribution in [1.82, 2.24) is 4.98 Å². The second-order valence-electron chi connectivity index (χ2n) is 3.57. The zero-order valence-corrected chi connectivity index (χ0v) is 10.3. The predicted molar refractivity (Wildman–Crippen MR) is 67.1 cm³/mol. The van der Waals surface area contributed by atoms with E-state index >= 15 is 0 Å². The number of esters is 1. The van der Waals surface area contributed by atoms with Crippen molar-refractivity contribution < 1.29 is 14.3 Å². The molecule has 0 aliphatic heterocycles. The molecule has 0 fully saturated rings. The number of amides is 1. The molecule has 1 aromatic rings. The number of nitrogen functional groups attached to an aromatic ring is 1. The molecule has 1 amide bonds. The molecule has 0 unspecified atom stereocenters. The minimum atomic E-state index is -0.550. The van der Waals surface area contributed by atoms with Gasteiger partial charge < -0.3 is 21.1 Å². The first-order valence-electron chi connectivity index (χ1n) is 5.37. The van der Waals surface area contributed by atoms with Crippen LogP contribution in [0.5, 0.6) is 0 Å². The third-order valence-corrected chi connectivity index (χ3v) is 2.40. The largest absolute Gasteiger partial charge is 0.465 e. The Labute approximate surface area is 105 Å². The van der Waals surface area contributed by atoms with Crippen LogP contribution >= 0.6 is 0 Å². The molecular formula is C11H16N4O3. The molecule has 0 radical (unpaired) electrons. The number of rotatable bonds is 5. The number of aromatic nitrogens is 1. The Hall–Kier alpha value is -2.31. The lowest BCUT2D eigenvalue weighted by molar-refractivity contribution is -0.116. The van der Waals surface area contributed by atoms with Crippen LogP contribution in [-0.2, 0) is 9.53 Å². The predicted octanol–water partition coefficient (Wildman–Crippen LogP) is -0.238. The summed E-state index contributed by atoms with van der Waals surface area (Å²) in [7, 11) is 1.27. The molecule has 0 aliphatic rings. The van der Waals surface area contributed by atoms with Crippen molar-refractivity contribution in [3.8, 4) is 0 Å². The van der Waals surface area contributed by atoms with Gasteiger partial charge in [-0.2, -0.15) is 0 Å². The van der Waals surface area contributed by atoms with Crippen LogP contribution in [0.15, 0.2) is 12.3 Å². The van der Waals surface area contributed by atoms with E-state index in [1.807, 2.05) is 6.92 Å². The average Bonchev–Trinajstić information content (AvgIpc) is 2.35. The van der Waals surface area contributed by atoms with E-state index in [0.717, 1.165) is 0 Å². The Morgan fingerprint density at radius 1 is 1.50 bits per heavy atom. The fraction of sp³-hybridized carbons (Fsp3) is 0.364. The van der Waals surface area contributed by atoms with Gasteiger partial charge in [0, 0.05) is 12.7 Å². The number of anilines is 2. The van der Waals surface area contributed by atoms with Crippen molar-refractivity contribution in [2.45, 2.75) is 6.92 Å². The maximum atomic E-state index is 11.5. The van der Waals surface area contributed by atoms with Gasteiger partial charge in [-0.15, -0.1) is 0 Å². The number of hydrogen-bond donors (Lipinski definition) is 2. The summed E-state index contributed by atoms with van der Waals surface area (Å²) in [6.07, 6.45) is 1.43. The van der Waals surface area contributed by atoms with Crippen LogP contribution in [0.3, 0.4) is 0 Å². The van der Waals surface area contributed by atoms with Crippen molar-refractivity contribution in [3.05, 3.63) is 17.8 Å².